The Morgan fingerprint density at radius 3 is 2.39 bits per heavy atom. The van der Waals surface area contributed by atoms with E-state index >= 15 is 0 Å². The van der Waals surface area contributed by atoms with E-state index in [0.29, 0.717) is 23.5 Å². The second-order valence-electron chi connectivity index (χ2n) is 7.72. The van der Waals surface area contributed by atoms with Gasteiger partial charge in [0.15, 0.2) is 0 Å². The second-order valence-corrected chi connectivity index (χ2v) is 7.72. The molecule has 5 N–H and O–H groups in total. The zero-order valence-corrected chi connectivity index (χ0v) is 17.8. The molecule has 33 heavy (non-hydrogen) atoms. The van der Waals surface area contributed by atoms with Crippen molar-refractivity contribution in [2.75, 3.05) is 22.6 Å². The number of ether oxygens (including phenoxy) is 1. The number of fused-ring (bicyclic) bond motifs is 2. The molecule has 0 unspecified atom stereocenters. The van der Waals surface area contributed by atoms with Crippen LogP contribution >= 0.6 is 0 Å². The topological polar surface area (TPSA) is 106 Å². The summed E-state index contributed by atoms with van der Waals surface area (Å²) in [7, 11) is 0. The molecule has 0 amide bonds. The summed E-state index contributed by atoms with van der Waals surface area (Å²) < 4.78 is 5.68. The lowest BCUT2D eigenvalue weighted by atomic mass is 10.1. The summed E-state index contributed by atoms with van der Waals surface area (Å²) in [4.78, 5) is 4.37. The highest BCUT2D eigenvalue weighted by molar-refractivity contribution is 6.11. The van der Waals surface area contributed by atoms with Crippen LogP contribution in [0.2, 0.25) is 0 Å². The summed E-state index contributed by atoms with van der Waals surface area (Å²) in [6, 6.07) is 22.7. The van der Waals surface area contributed by atoms with E-state index in [-0.39, 0.29) is 11.7 Å². The van der Waals surface area contributed by atoms with Crippen molar-refractivity contribution in [1.82, 2.24) is 4.98 Å². The van der Waals surface area contributed by atoms with Gasteiger partial charge in [-0.05, 0) is 36.4 Å². The minimum absolute atomic E-state index is 0.229. The Hall–Kier alpha value is -4.65. The summed E-state index contributed by atoms with van der Waals surface area (Å²) in [5.74, 6) is 1.19. The maximum Gasteiger partial charge on any atom is 0.145 e. The van der Waals surface area contributed by atoms with E-state index in [1.807, 2.05) is 72.8 Å². The third-order valence-corrected chi connectivity index (χ3v) is 5.28. The average Bonchev–Trinajstić information content (AvgIpc) is 2.84. The van der Waals surface area contributed by atoms with Crippen LogP contribution < -0.4 is 20.7 Å². The molecule has 0 saturated carbocycles. The van der Waals surface area contributed by atoms with Gasteiger partial charge in [-0.3, -0.25) is 15.8 Å². The quantitative estimate of drug-likeness (QED) is 0.218. The molecule has 1 aliphatic rings. The van der Waals surface area contributed by atoms with E-state index in [9.17, 15) is 0 Å². The highest BCUT2D eigenvalue weighted by atomic mass is 16.5. The van der Waals surface area contributed by atoms with Crippen LogP contribution in [0, 0.1) is 10.8 Å². The average molecular weight is 435 g/mol. The number of aromatic nitrogens is 1. The zero-order valence-electron chi connectivity index (χ0n) is 17.8. The maximum absolute atomic E-state index is 8.51. The van der Waals surface area contributed by atoms with Gasteiger partial charge in [0.2, 0.25) is 0 Å². The molecule has 0 bridgehead atoms. The monoisotopic (exact) mass is 434 g/mol. The molecule has 7 nitrogen and oxygen atoms in total. The molecule has 1 aromatic heterocycles. The van der Waals surface area contributed by atoms with Crippen LogP contribution in [0.1, 0.15) is 11.1 Å². The number of hydrogen-bond donors (Lipinski definition) is 5. The standard InChI is InChI=1S/C26H22N6O/c1-16-15-33-24-14-21(9-10-22(24)30-16)32-26(28)19-5-2-4-18(12-19)25(27)31-20-8-7-17-6-3-11-29-23(17)13-20/h2-14,30H,1,15H2,(H2,27,31)(H2,28,32). The molecule has 0 spiro atoms. The van der Waals surface area contributed by atoms with E-state index in [2.05, 4.69) is 27.5 Å². The number of rotatable bonds is 4. The third-order valence-electron chi connectivity index (χ3n) is 5.28. The van der Waals surface area contributed by atoms with Gasteiger partial charge in [0.1, 0.15) is 24.0 Å². The number of amidine groups is 2. The second kappa shape index (κ2) is 8.47. The molecule has 4 aromatic rings. The molecule has 1 aliphatic heterocycles. The summed E-state index contributed by atoms with van der Waals surface area (Å²) in [6.07, 6.45) is 1.75. The van der Waals surface area contributed by atoms with Crippen molar-refractivity contribution in [3.63, 3.8) is 0 Å². The van der Waals surface area contributed by atoms with E-state index < -0.39 is 0 Å². The molecule has 162 valence electrons. The normalized spacial score (nSPS) is 12.3. The van der Waals surface area contributed by atoms with Crippen molar-refractivity contribution in [3.8, 4) is 5.75 Å². The Labute approximate surface area is 191 Å². The Morgan fingerprint density at radius 2 is 1.61 bits per heavy atom. The molecule has 0 radical (unpaired) electrons. The van der Waals surface area contributed by atoms with Crippen LogP contribution in [0.15, 0.2) is 91.3 Å². The first-order valence-corrected chi connectivity index (χ1v) is 10.4. The number of pyridine rings is 1. The van der Waals surface area contributed by atoms with Crippen molar-refractivity contribution in [2.45, 2.75) is 0 Å². The van der Waals surface area contributed by atoms with Crippen LogP contribution in [0.4, 0.5) is 17.1 Å². The van der Waals surface area contributed by atoms with Gasteiger partial charge < -0.3 is 20.7 Å². The van der Waals surface area contributed by atoms with Crippen LogP contribution in [-0.4, -0.2) is 23.3 Å². The lowest BCUT2D eigenvalue weighted by Crippen LogP contribution is -2.17. The fourth-order valence-corrected chi connectivity index (χ4v) is 3.62. The van der Waals surface area contributed by atoms with Crippen LogP contribution in [0.25, 0.3) is 10.9 Å². The number of hydrogen-bond acceptors (Lipinski definition) is 5. The van der Waals surface area contributed by atoms with Crippen LogP contribution in [0.5, 0.6) is 5.75 Å². The number of nitrogens with one attached hydrogen (secondary N) is 5. The lowest BCUT2D eigenvalue weighted by Gasteiger charge is -2.21. The van der Waals surface area contributed by atoms with Gasteiger partial charge in [-0.2, -0.15) is 0 Å². The first-order chi connectivity index (χ1) is 16.0. The first-order valence-electron chi connectivity index (χ1n) is 10.4. The first kappa shape index (κ1) is 20.3. The molecule has 0 saturated heterocycles. The summed E-state index contributed by atoms with van der Waals surface area (Å²) in [5, 5.41) is 27.5. The van der Waals surface area contributed by atoms with Crippen LogP contribution in [-0.2, 0) is 0 Å². The Balaban J connectivity index is 1.30. The fourth-order valence-electron chi connectivity index (χ4n) is 3.62. The molecule has 3 aromatic carbocycles. The number of nitrogens with zero attached hydrogens (tertiary/aromatic N) is 1. The van der Waals surface area contributed by atoms with Gasteiger partial charge in [-0.15, -0.1) is 0 Å². The third kappa shape index (κ3) is 4.38. The van der Waals surface area contributed by atoms with E-state index in [4.69, 9.17) is 15.6 Å². The van der Waals surface area contributed by atoms with Crippen molar-refractivity contribution in [2.24, 2.45) is 0 Å². The highest BCUT2D eigenvalue weighted by Gasteiger charge is 2.13. The van der Waals surface area contributed by atoms with Crippen molar-refractivity contribution >= 4 is 39.6 Å². The van der Waals surface area contributed by atoms with Gasteiger partial charge in [0, 0.05) is 45.8 Å². The predicted octanol–water partition coefficient (Wildman–Crippen LogP) is 5.43. The van der Waals surface area contributed by atoms with Crippen molar-refractivity contribution < 1.29 is 4.74 Å². The molecular formula is C26H22N6O. The largest absolute Gasteiger partial charge is 0.485 e. The number of benzene rings is 3. The van der Waals surface area contributed by atoms with Crippen molar-refractivity contribution in [3.05, 3.63) is 102 Å². The smallest absolute Gasteiger partial charge is 0.145 e. The van der Waals surface area contributed by atoms with E-state index in [1.54, 1.807) is 6.20 Å². The zero-order chi connectivity index (χ0) is 22.8. The van der Waals surface area contributed by atoms with Gasteiger partial charge in [0.25, 0.3) is 0 Å². The molecule has 5 rings (SSSR count). The molecule has 0 fully saturated rings. The SMILES string of the molecule is C=C1COc2cc(NC(=N)c3cccc(C(=N)Nc4ccc5cccnc5c4)c3)ccc2N1. The Morgan fingerprint density at radius 1 is 0.879 bits per heavy atom. The summed E-state index contributed by atoms with van der Waals surface area (Å²) in [6.45, 7) is 4.29. The molecule has 0 atom stereocenters. The number of anilines is 3. The van der Waals surface area contributed by atoms with Gasteiger partial charge >= 0.3 is 0 Å². The predicted molar refractivity (Wildman–Crippen MR) is 134 cm³/mol. The summed E-state index contributed by atoms with van der Waals surface area (Å²) in [5.41, 5.74) is 5.41. The summed E-state index contributed by atoms with van der Waals surface area (Å²) >= 11 is 0. The van der Waals surface area contributed by atoms with Crippen molar-refractivity contribution in [1.29, 1.82) is 10.8 Å². The van der Waals surface area contributed by atoms with Gasteiger partial charge in [0.05, 0.1) is 11.2 Å². The minimum atomic E-state index is 0.229. The Bertz CT molecular complexity index is 1410. The van der Waals surface area contributed by atoms with Crippen LogP contribution in [0.3, 0.4) is 0 Å². The molecular weight excluding hydrogens is 412 g/mol. The molecule has 2 heterocycles. The van der Waals surface area contributed by atoms with Gasteiger partial charge in [-0.25, -0.2) is 0 Å². The van der Waals surface area contributed by atoms with E-state index in [0.717, 1.165) is 33.7 Å². The lowest BCUT2D eigenvalue weighted by molar-refractivity contribution is 0.347. The molecule has 7 heteroatoms. The highest BCUT2D eigenvalue weighted by Crippen LogP contribution is 2.32. The minimum Gasteiger partial charge on any atom is -0.485 e. The maximum atomic E-state index is 8.51. The fraction of sp³-hybridized carbons (Fsp3) is 0.0385. The van der Waals surface area contributed by atoms with E-state index in [1.165, 1.54) is 0 Å². The Kier molecular flexibility index (Phi) is 5.20. The van der Waals surface area contributed by atoms with Gasteiger partial charge in [-0.1, -0.05) is 36.9 Å². The molecule has 0 aliphatic carbocycles.